The van der Waals surface area contributed by atoms with Crippen molar-refractivity contribution in [1.82, 2.24) is 5.32 Å². The van der Waals surface area contributed by atoms with E-state index in [0.717, 1.165) is 8.68 Å². The number of thioether (sulfide) groups is 1. The first-order valence-corrected chi connectivity index (χ1v) is 8.78. The second-order valence-electron chi connectivity index (χ2n) is 4.03. The quantitative estimate of drug-likeness (QED) is 0.750. The lowest BCUT2D eigenvalue weighted by molar-refractivity contribution is -0.122. The Morgan fingerprint density at radius 1 is 1.14 bits per heavy atom. The first-order chi connectivity index (χ1) is 10.1. The van der Waals surface area contributed by atoms with Crippen LogP contribution >= 0.6 is 39.0 Å². The topological polar surface area (TPSA) is 58.2 Å². The second kappa shape index (κ2) is 8.21. The smallest absolute Gasteiger partial charge is 0.243 e. The fourth-order valence-electron chi connectivity index (χ4n) is 1.47. The fourth-order valence-corrected chi connectivity index (χ4v) is 3.47. The predicted octanol–water partition coefficient (Wildman–Crippen LogP) is 3.36. The molecule has 2 amide bonds. The summed E-state index contributed by atoms with van der Waals surface area (Å²) < 4.78 is 1.89. The van der Waals surface area contributed by atoms with Gasteiger partial charge in [-0.1, -0.05) is 18.2 Å². The number of halogens is 1. The van der Waals surface area contributed by atoms with E-state index in [1.54, 1.807) is 17.4 Å². The van der Waals surface area contributed by atoms with Gasteiger partial charge in [0.25, 0.3) is 0 Å². The standard InChI is InChI=1S/C14H13BrN2O2S2/c15-10-4-1-2-5-11(10)17-12(18)8-16-13(19)9-21-14-6-3-7-20-14/h1-7H,8-9H2,(H,16,19)(H,17,18). The minimum Gasteiger partial charge on any atom is -0.346 e. The summed E-state index contributed by atoms with van der Waals surface area (Å²) >= 11 is 6.40. The maximum absolute atomic E-state index is 11.8. The molecule has 0 aliphatic carbocycles. The Morgan fingerprint density at radius 3 is 2.67 bits per heavy atom. The lowest BCUT2D eigenvalue weighted by Crippen LogP contribution is -2.33. The zero-order chi connectivity index (χ0) is 15.1. The van der Waals surface area contributed by atoms with E-state index in [1.807, 2.05) is 35.7 Å². The molecule has 0 aliphatic heterocycles. The van der Waals surface area contributed by atoms with Crippen LogP contribution in [-0.4, -0.2) is 24.1 Å². The maximum Gasteiger partial charge on any atom is 0.243 e. The third-order valence-corrected chi connectivity index (χ3v) is 5.26. The van der Waals surface area contributed by atoms with Crippen molar-refractivity contribution in [3.8, 4) is 0 Å². The van der Waals surface area contributed by atoms with E-state index in [-0.39, 0.29) is 18.4 Å². The van der Waals surface area contributed by atoms with Gasteiger partial charge < -0.3 is 10.6 Å². The van der Waals surface area contributed by atoms with Crippen molar-refractivity contribution in [1.29, 1.82) is 0 Å². The molecule has 0 fully saturated rings. The molecule has 1 aromatic carbocycles. The lowest BCUT2D eigenvalue weighted by Gasteiger charge is -2.08. The minimum absolute atomic E-state index is 0.0365. The molecule has 2 N–H and O–H groups in total. The monoisotopic (exact) mass is 384 g/mol. The van der Waals surface area contributed by atoms with Crippen LogP contribution in [0.1, 0.15) is 0 Å². The molecule has 1 heterocycles. The normalized spacial score (nSPS) is 10.1. The van der Waals surface area contributed by atoms with E-state index in [4.69, 9.17) is 0 Å². The summed E-state index contributed by atoms with van der Waals surface area (Å²) in [5.74, 6) is -0.102. The van der Waals surface area contributed by atoms with Crippen LogP contribution in [0.4, 0.5) is 5.69 Å². The third kappa shape index (κ3) is 5.53. The van der Waals surface area contributed by atoms with Gasteiger partial charge in [0.1, 0.15) is 0 Å². The van der Waals surface area contributed by atoms with Crippen molar-refractivity contribution in [3.05, 3.63) is 46.3 Å². The first kappa shape index (κ1) is 16.1. The molecule has 110 valence electrons. The van der Waals surface area contributed by atoms with Crippen molar-refractivity contribution in [2.45, 2.75) is 4.21 Å². The molecule has 0 spiro atoms. The van der Waals surface area contributed by atoms with E-state index in [0.29, 0.717) is 11.4 Å². The molecule has 0 atom stereocenters. The summed E-state index contributed by atoms with van der Waals surface area (Å²) in [6, 6.07) is 11.2. The Kier molecular flexibility index (Phi) is 6.28. The van der Waals surface area contributed by atoms with Gasteiger partial charge in [-0.25, -0.2) is 0 Å². The van der Waals surface area contributed by atoms with Crippen molar-refractivity contribution in [2.24, 2.45) is 0 Å². The fraction of sp³-hybridized carbons (Fsp3) is 0.143. The third-order valence-electron chi connectivity index (χ3n) is 2.43. The summed E-state index contributed by atoms with van der Waals surface area (Å²) in [7, 11) is 0. The van der Waals surface area contributed by atoms with Gasteiger partial charge in [0, 0.05) is 4.47 Å². The lowest BCUT2D eigenvalue weighted by atomic mass is 10.3. The molecule has 4 nitrogen and oxygen atoms in total. The molecular formula is C14H13BrN2O2S2. The van der Waals surface area contributed by atoms with E-state index in [2.05, 4.69) is 26.6 Å². The Hall–Kier alpha value is -1.31. The van der Waals surface area contributed by atoms with Crippen LogP contribution in [0.25, 0.3) is 0 Å². The number of hydrogen-bond acceptors (Lipinski definition) is 4. The summed E-state index contributed by atoms with van der Waals surface area (Å²) in [5, 5.41) is 7.30. The number of hydrogen-bond donors (Lipinski definition) is 2. The molecule has 0 saturated carbocycles. The zero-order valence-corrected chi connectivity index (χ0v) is 14.2. The molecule has 0 bridgehead atoms. The van der Waals surface area contributed by atoms with Crippen LogP contribution in [0.2, 0.25) is 0 Å². The first-order valence-electron chi connectivity index (χ1n) is 6.12. The Balaban J connectivity index is 1.71. The van der Waals surface area contributed by atoms with E-state index < -0.39 is 0 Å². The molecule has 2 aromatic rings. The second-order valence-corrected chi connectivity index (χ2v) is 7.10. The number of para-hydroxylation sites is 1. The van der Waals surface area contributed by atoms with Gasteiger partial charge in [0.2, 0.25) is 11.8 Å². The Morgan fingerprint density at radius 2 is 1.95 bits per heavy atom. The number of rotatable bonds is 6. The molecule has 1 aromatic heterocycles. The van der Waals surface area contributed by atoms with Gasteiger partial charge >= 0.3 is 0 Å². The van der Waals surface area contributed by atoms with Crippen LogP contribution < -0.4 is 10.6 Å². The predicted molar refractivity (Wildman–Crippen MR) is 90.8 cm³/mol. The Bertz CT molecular complexity index is 617. The summed E-state index contributed by atoms with van der Waals surface area (Å²) in [5.41, 5.74) is 0.685. The summed E-state index contributed by atoms with van der Waals surface area (Å²) in [6.45, 7) is -0.0365. The SMILES string of the molecule is O=C(CSc1cccs1)NCC(=O)Nc1ccccc1Br. The number of nitrogens with one attached hydrogen (secondary N) is 2. The highest BCUT2D eigenvalue weighted by atomic mass is 79.9. The van der Waals surface area contributed by atoms with E-state index >= 15 is 0 Å². The highest BCUT2D eigenvalue weighted by Crippen LogP contribution is 2.23. The van der Waals surface area contributed by atoms with Crippen molar-refractivity contribution >= 4 is 56.5 Å². The molecular weight excluding hydrogens is 372 g/mol. The zero-order valence-electron chi connectivity index (χ0n) is 11.0. The summed E-state index contributed by atoms with van der Waals surface area (Å²) in [6.07, 6.45) is 0. The molecule has 0 unspecified atom stereocenters. The van der Waals surface area contributed by atoms with E-state index in [1.165, 1.54) is 11.8 Å². The average Bonchev–Trinajstić information content (AvgIpc) is 2.99. The highest BCUT2D eigenvalue weighted by Gasteiger charge is 2.08. The minimum atomic E-state index is -0.253. The van der Waals surface area contributed by atoms with Crippen LogP contribution in [0.15, 0.2) is 50.5 Å². The van der Waals surface area contributed by atoms with Gasteiger partial charge in [-0.05, 0) is 39.5 Å². The van der Waals surface area contributed by atoms with Gasteiger partial charge in [-0.3, -0.25) is 9.59 Å². The molecule has 21 heavy (non-hydrogen) atoms. The van der Waals surface area contributed by atoms with Crippen LogP contribution in [0, 0.1) is 0 Å². The van der Waals surface area contributed by atoms with Gasteiger partial charge in [0.05, 0.1) is 22.2 Å². The van der Waals surface area contributed by atoms with Crippen LogP contribution in [0.3, 0.4) is 0 Å². The highest BCUT2D eigenvalue weighted by molar-refractivity contribution is 9.10. The molecule has 2 rings (SSSR count). The number of benzene rings is 1. The van der Waals surface area contributed by atoms with Gasteiger partial charge in [0.15, 0.2) is 0 Å². The number of carbonyl (C=O) groups is 2. The number of carbonyl (C=O) groups excluding carboxylic acids is 2. The number of thiophene rings is 1. The van der Waals surface area contributed by atoms with Crippen LogP contribution in [-0.2, 0) is 9.59 Å². The molecule has 0 radical (unpaired) electrons. The molecule has 0 aliphatic rings. The van der Waals surface area contributed by atoms with E-state index in [9.17, 15) is 9.59 Å². The van der Waals surface area contributed by atoms with Crippen LogP contribution in [0.5, 0.6) is 0 Å². The van der Waals surface area contributed by atoms with Gasteiger partial charge in [-0.15, -0.1) is 23.1 Å². The molecule has 7 heteroatoms. The largest absolute Gasteiger partial charge is 0.346 e. The molecule has 0 saturated heterocycles. The maximum atomic E-state index is 11.8. The number of anilines is 1. The average molecular weight is 385 g/mol. The Labute approximate surface area is 139 Å². The van der Waals surface area contributed by atoms with Crippen molar-refractivity contribution in [2.75, 3.05) is 17.6 Å². The van der Waals surface area contributed by atoms with Crippen molar-refractivity contribution in [3.63, 3.8) is 0 Å². The van der Waals surface area contributed by atoms with Gasteiger partial charge in [-0.2, -0.15) is 0 Å². The number of amides is 2. The summed E-state index contributed by atoms with van der Waals surface area (Å²) in [4.78, 5) is 23.4. The van der Waals surface area contributed by atoms with Crippen molar-refractivity contribution < 1.29 is 9.59 Å².